The van der Waals surface area contributed by atoms with Gasteiger partial charge in [0, 0.05) is 0 Å². The van der Waals surface area contributed by atoms with Crippen LogP contribution in [-0.2, 0) is 0 Å². The summed E-state index contributed by atoms with van der Waals surface area (Å²) < 4.78 is 26.7. The average molecular weight is 251 g/mol. The Labute approximate surface area is 83.5 Å². The molecule has 0 amide bonds. The Hall–Kier alpha value is -0.480. The van der Waals surface area contributed by atoms with Gasteiger partial charge in [0.25, 0.3) is 0 Å². The van der Waals surface area contributed by atoms with Crippen LogP contribution >= 0.6 is 15.9 Å². The zero-order chi connectivity index (χ0) is 10.2. The molecule has 0 fully saturated rings. The molecule has 13 heavy (non-hydrogen) atoms. The Morgan fingerprint density at radius 3 is 2.38 bits per heavy atom. The molecule has 0 saturated heterocycles. The van der Waals surface area contributed by atoms with Crippen molar-refractivity contribution in [1.82, 2.24) is 0 Å². The third-order valence-electron chi connectivity index (χ3n) is 1.79. The number of halogens is 3. The van der Waals surface area contributed by atoms with Gasteiger partial charge in [0.05, 0.1) is 16.1 Å². The van der Waals surface area contributed by atoms with E-state index >= 15 is 0 Å². The lowest BCUT2D eigenvalue weighted by Gasteiger charge is -2.10. The number of aliphatic hydroxyl groups is 1. The van der Waals surface area contributed by atoms with Crippen LogP contribution in [0.1, 0.15) is 24.2 Å². The molecule has 1 aromatic carbocycles. The van der Waals surface area contributed by atoms with Crippen LogP contribution in [0.25, 0.3) is 0 Å². The molecule has 0 aromatic heterocycles. The fraction of sp³-hybridized carbons (Fsp3) is 0.333. The summed E-state index contributed by atoms with van der Waals surface area (Å²) in [5.74, 6) is -1.42. The van der Waals surface area contributed by atoms with Crippen molar-refractivity contribution in [3.05, 3.63) is 33.3 Å². The van der Waals surface area contributed by atoms with Gasteiger partial charge < -0.3 is 5.11 Å². The van der Waals surface area contributed by atoms with Crippen LogP contribution in [0.3, 0.4) is 0 Å². The molecule has 0 bridgehead atoms. The molecule has 0 heterocycles. The van der Waals surface area contributed by atoms with Crippen molar-refractivity contribution in [2.45, 2.75) is 20.0 Å². The molecule has 4 heteroatoms. The SMILES string of the molecule is Cc1cc(Br)c(F)c(C(C)O)c1F. The minimum absolute atomic E-state index is 0.169. The summed E-state index contributed by atoms with van der Waals surface area (Å²) in [6.07, 6.45) is -1.14. The summed E-state index contributed by atoms with van der Waals surface area (Å²) in [5, 5.41) is 9.13. The van der Waals surface area contributed by atoms with E-state index in [-0.39, 0.29) is 10.0 Å². The number of benzene rings is 1. The van der Waals surface area contributed by atoms with Gasteiger partial charge >= 0.3 is 0 Å². The van der Waals surface area contributed by atoms with E-state index in [1.165, 1.54) is 19.9 Å². The lowest BCUT2D eigenvalue weighted by Crippen LogP contribution is -2.03. The Morgan fingerprint density at radius 2 is 1.92 bits per heavy atom. The highest BCUT2D eigenvalue weighted by molar-refractivity contribution is 9.10. The summed E-state index contributed by atoms with van der Waals surface area (Å²) in [6, 6.07) is 1.34. The molecule has 1 rings (SSSR count). The molecule has 1 atom stereocenters. The molecule has 1 unspecified atom stereocenters. The fourth-order valence-corrected chi connectivity index (χ4v) is 1.68. The van der Waals surface area contributed by atoms with Crippen molar-refractivity contribution in [1.29, 1.82) is 0 Å². The van der Waals surface area contributed by atoms with Crippen LogP contribution in [0.15, 0.2) is 10.5 Å². The molecule has 0 spiro atoms. The smallest absolute Gasteiger partial charge is 0.146 e. The summed E-state index contributed by atoms with van der Waals surface area (Å²) in [6.45, 7) is 2.85. The van der Waals surface area contributed by atoms with Gasteiger partial charge in [-0.2, -0.15) is 0 Å². The van der Waals surface area contributed by atoms with Crippen LogP contribution in [0.5, 0.6) is 0 Å². The maximum absolute atomic E-state index is 13.3. The van der Waals surface area contributed by atoms with Gasteiger partial charge in [-0.05, 0) is 41.4 Å². The van der Waals surface area contributed by atoms with Crippen molar-refractivity contribution in [3.63, 3.8) is 0 Å². The van der Waals surface area contributed by atoms with Gasteiger partial charge in [0.1, 0.15) is 11.6 Å². The second-order valence-corrected chi connectivity index (χ2v) is 3.75. The maximum Gasteiger partial charge on any atom is 0.146 e. The first-order valence-corrected chi connectivity index (χ1v) is 4.56. The Balaban J connectivity index is 3.46. The molecule has 72 valence electrons. The normalized spacial score (nSPS) is 13.1. The second kappa shape index (κ2) is 3.72. The van der Waals surface area contributed by atoms with E-state index in [1.807, 2.05) is 0 Å². The topological polar surface area (TPSA) is 20.2 Å². The predicted molar refractivity (Wildman–Crippen MR) is 49.4 cm³/mol. The molecule has 0 aliphatic carbocycles. The molecule has 1 aromatic rings. The third-order valence-corrected chi connectivity index (χ3v) is 2.37. The molecule has 0 saturated carbocycles. The number of hydrogen-bond donors (Lipinski definition) is 1. The van der Waals surface area contributed by atoms with Gasteiger partial charge in [-0.25, -0.2) is 8.78 Å². The molecular formula is C9H9BrF2O. The minimum Gasteiger partial charge on any atom is -0.388 e. The van der Waals surface area contributed by atoms with Crippen molar-refractivity contribution < 1.29 is 13.9 Å². The van der Waals surface area contributed by atoms with Crippen molar-refractivity contribution in [2.75, 3.05) is 0 Å². The molecule has 1 N–H and O–H groups in total. The minimum atomic E-state index is -1.14. The Bertz CT molecular complexity index is 311. The molecule has 0 aliphatic rings. The predicted octanol–water partition coefficient (Wildman–Crippen LogP) is 3.09. The summed E-state index contributed by atoms with van der Waals surface area (Å²) in [5.41, 5.74) is 0.0241. The van der Waals surface area contributed by atoms with Crippen LogP contribution in [0.4, 0.5) is 8.78 Å². The van der Waals surface area contributed by atoms with Crippen molar-refractivity contribution in [3.8, 4) is 0 Å². The number of aliphatic hydroxyl groups excluding tert-OH is 1. The molecular weight excluding hydrogens is 242 g/mol. The van der Waals surface area contributed by atoms with E-state index in [9.17, 15) is 8.78 Å². The molecule has 0 aliphatic heterocycles. The van der Waals surface area contributed by atoms with E-state index in [2.05, 4.69) is 15.9 Å². The molecule has 1 nitrogen and oxygen atoms in total. The van der Waals surface area contributed by atoms with Gasteiger partial charge in [-0.3, -0.25) is 0 Å². The van der Waals surface area contributed by atoms with Gasteiger partial charge in [-0.15, -0.1) is 0 Å². The number of aryl methyl sites for hydroxylation is 1. The Kier molecular flexibility index (Phi) is 3.03. The Morgan fingerprint density at radius 1 is 1.38 bits per heavy atom. The van der Waals surface area contributed by atoms with Crippen molar-refractivity contribution in [2.24, 2.45) is 0 Å². The van der Waals surface area contributed by atoms with Crippen molar-refractivity contribution >= 4 is 15.9 Å². The highest BCUT2D eigenvalue weighted by Crippen LogP contribution is 2.28. The lowest BCUT2D eigenvalue weighted by molar-refractivity contribution is 0.188. The third kappa shape index (κ3) is 1.89. The summed E-state index contributed by atoms with van der Waals surface area (Å²) in [4.78, 5) is 0. The number of hydrogen-bond acceptors (Lipinski definition) is 1. The molecule has 0 radical (unpaired) electrons. The summed E-state index contributed by atoms with van der Waals surface area (Å²) in [7, 11) is 0. The van der Waals surface area contributed by atoms with Crippen LogP contribution in [0, 0.1) is 18.6 Å². The van der Waals surface area contributed by atoms with Crippen LogP contribution < -0.4 is 0 Å². The highest BCUT2D eigenvalue weighted by Gasteiger charge is 2.18. The van der Waals surface area contributed by atoms with Gasteiger partial charge in [0.15, 0.2) is 0 Å². The summed E-state index contributed by atoms with van der Waals surface area (Å²) >= 11 is 2.95. The standard InChI is InChI=1S/C9H9BrF2O/c1-4-3-6(10)9(12)7(5(2)13)8(4)11/h3,5,13H,1-2H3. The lowest BCUT2D eigenvalue weighted by atomic mass is 10.1. The van der Waals surface area contributed by atoms with Crippen LogP contribution in [-0.4, -0.2) is 5.11 Å². The van der Waals surface area contributed by atoms with E-state index in [0.717, 1.165) is 0 Å². The van der Waals surface area contributed by atoms with E-state index in [0.29, 0.717) is 5.56 Å². The first-order chi connectivity index (χ1) is 5.95. The zero-order valence-corrected chi connectivity index (χ0v) is 8.82. The van der Waals surface area contributed by atoms with Gasteiger partial charge in [0.2, 0.25) is 0 Å². The maximum atomic E-state index is 13.3. The number of rotatable bonds is 1. The van der Waals surface area contributed by atoms with E-state index < -0.39 is 17.7 Å². The van der Waals surface area contributed by atoms with Gasteiger partial charge in [-0.1, -0.05) is 0 Å². The zero-order valence-electron chi connectivity index (χ0n) is 7.24. The largest absolute Gasteiger partial charge is 0.388 e. The fourth-order valence-electron chi connectivity index (χ4n) is 1.12. The first kappa shape index (κ1) is 10.6. The first-order valence-electron chi connectivity index (χ1n) is 3.77. The van der Waals surface area contributed by atoms with E-state index in [1.54, 1.807) is 0 Å². The second-order valence-electron chi connectivity index (χ2n) is 2.89. The average Bonchev–Trinajstić information content (AvgIpc) is 2.01. The quantitative estimate of drug-likeness (QED) is 0.760. The highest BCUT2D eigenvalue weighted by atomic mass is 79.9. The van der Waals surface area contributed by atoms with Crippen LogP contribution in [0.2, 0.25) is 0 Å². The van der Waals surface area contributed by atoms with E-state index in [4.69, 9.17) is 5.11 Å². The monoisotopic (exact) mass is 250 g/mol.